The number of hydrogen-bond acceptors (Lipinski definition) is 2. The van der Waals surface area contributed by atoms with E-state index in [1.807, 2.05) is 50.2 Å². The lowest BCUT2D eigenvalue weighted by Crippen LogP contribution is -2.22. The van der Waals surface area contributed by atoms with Gasteiger partial charge in [0.1, 0.15) is 0 Å². The average molecular weight is 289 g/mol. The summed E-state index contributed by atoms with van der Waals surface area (Å²) in [6.45, 7) is 4.12. The predicted octanol–water partition coefficient (Wildman–Crippen LogP) is 4.01. The van der Waals surface area contributed by atoms with E-state index in [0.717, 1.165) is 22.5 Å². The van der Waals surface area contributed by atoms with Gasteiger partial charge in [-0.1, -0.05) is 35.9 Å². The van der Waals surface area contributed by atoms with Gasteiger partial charge in [0, 0.05) is 5.69 Å². The second-order valence-corrected chi connectivity index (χ2v) is 5.11. The summed E-state index contributed by atoms with van der Waals surface area (Å²) < 4.78 is 0. The van der Waals surface area contributed by atoms with E-state index in [-0.39, 0.29) is 12.5 Å². The van der Waals surface area contributed by atoms with Crippen LogP contribution in [0.1, 0.15) is 11.1 Å². The van der Waals surface area contributed by atoms with Crippen molar-refractivity contribution in [3.8, 4) is 0 Å². The fourth-order valence-corrected chi connectivity index (χ4v) is 2.24. The number of carbonyl (C=O) groups is 1. The quantitative estimate of drug-likeness (QED) is 0.892. The Kier molecular flexibility index (Phi) is 4.64. The monoisotopic (exact) mass is 288 g/mol. The summed E-state index contributed by atoms with van der Waals surface area (Å²) in [4.78, 5) is 11.9. The zero-order chi connectivity index (χ0) is 14.5. The van der Waals surface area contributed by atoms with Crippen molar-refractivity contribution < 1.29 is 4.79 Å². The van der Waals surface area contributed by atoms with Gasteiger partial charge in [-0.25, -0.2) is 0 Å². The van der Waals surface area contributed by atoms with Crippen molar-refractivity contribution in [2.45, 2.75) is 13.8 Å². The van der Waals surface area contributed by atoms with E-state index in [1.165, 1.54) is 0 Å². The van der Waals surface area contributed by atoms with E-state index in [0.29, 0.717) is 5.02 Å². The molecule has 0 radical (unpaired) electrons. The van der Waals surface area contributed by atoms with Crippen molar-refractivity contribution in [3.63, 3.8) is 0 Å². The summed E-state index contributed by atoms with van der Waals surface area (Å²) in [5, 5.41) is 6.54. The molecule has 104 valence electrons. The Balaban J connectivity index is 1.96. The maximum atomic E-state index is 11.9. The van der Waals surface area contributed by atoms with E-state index in [2.05, 4.69) is 10.6 Å². The van der Waals surface area contributed by atoms with Crippen LogP contribution in [0.2, 0.25) is 5.02 Å². The SMILES string of the molecule is Cc1cccc(NC(=O)CNc2c(C)cccc2Cl)c1. The van der Waals surface area contributed by atoms with Crippen LogP contribution in [0.5, 0.6) is 0 Å². The zero-order valence-corrected chi connectivity index (χ0v) is 12.3. The first-order chi connectivity index (χ1) is 9.56. The molecule has 0 aromatic heterocycles. The zero-order valence-electron chi connectivity index (χ0n) is 11.5. The number of nitrogens with one attached hydrogen (secondary N) is 2. The molecule has 4 heteroatoms. The number of carbonyl (C=O) groups excluding carboxylic acids is 1. The molecule has 0 saturated heterocycles. The second-order valence-electron chi connectivity index (χ2n) is 4.70. The summed E-state index contributed by atoms with van der Waals surface area (Å²) >= 11 is 6.10. The first-order valence-corrected chi connectivity index (χ1v) is 6.79. The lowest BCUT2D eigenvalue weighted by molar-refractivity contribution is -0.114. The van der Waals surface area contributed by atoms with Crippen LogP contribution in [0, 0.1) is 13.8 Å². The molecule has 2 rings (SSSR count). The molecule has 0 aliphatic heterocycles. The molecule has 0 fully saturated rings. The lowest BCUT2D eigenvalue weighted by Gasteiger charge is -2.11. The highest BCUT2D eigenvalue weighted by Crippen LogP contribution is 2.24. The van der Waals surface area contributed by atoms with Crippen LogP contribution < -0.4 is 10.6 Å². The molecule has 1 amide bonds. The largest absolute Gasteiger partial charge is 0.375 e. The van der Waals surface area contributed by atoms with E-state index in [9.17, 15) is 4.79 Å². The maximum absolute atomic E-state index is 11.9. The Morgan fingerprint density at radius 3 is 2.60 bits per heavy atom. The van der Waals surface area contributed by atoms with Gasteiger partial charge in [0.2, 0.25) is 5.91 Å². The average Bonchev–Trinajstić information content (AvgIpc) is 2.38. The molecule has 0 aliphatic carbocycles. The molecule has 0 heterocycles. The first-order valence-electron chi connectivity index (χ1n) is 6.42. The minimum Gasteiger partial charge on any atom is -0.375 e. The molecule has 0 saturated carbocycles. The van der Waals surface area contributed by atoms with Crippen molar-refractivity contribution in [1.29, 1.82) is 0 Å². The Morgan fingerprint density at radius 2 is 1.90 bits per heavy atom. The fourth-order valence-electron chi connectivity index (χ4n) is 1.95. The predicted molar refractivity (Wildman–Crippen MR) is 84.5 cm³/mol. The molecule has 0 bridgehead atoms. The topological polar surface area (TPSA) is 41.1 Å². The number of halogens is 1. The number of aryl methyl sites for hydroxylation is 2. The molecule has 3 nitrogen and oxygen atoms in total. The normalized spacial score (nSPS) is 10.2. The highest BCUT2D eigenvalue weighted by Gasteiger charge is 2.06. The number of anilines is 2. The van der Waals surface area contributed by atoms with Gasteiger partial charge in [0.15, 0.2) is 0 Å². The first kappa shape index (κ1) is 14.4. The van der Waals surface area contributed by atoms with Gasteiger partial charge in [0.05, 0.1) is 17.3 Å². The van der Waals surface area contributed by atoms with Crippen LogP contribution in [0.15, 0.2) is 42.5 Å². The van der Waals surface area contributed by atoms with E-state index in [4.69, 9.17) is 11.6 Å². The smallest absolute Gasteiger partial charge is 0.243 e. The van der Waals surface area contributed by atoms with Gasteiger partial charge in [-0.05, 0) is 43.2 Å². The van der Waals surface area contributed by atoms with Crippen molar-refractivity contribution in [1.82, 2.24) is 0 Å². The molecular weight excluding hydrogens is 272 g/mol. The molecule has 2 aromatic carbocycles. The molecule has 0 spiro atoms. The van der Waals surface area contributed by atoms with Crippen LogP contribution >= 0.6 is 11.6 Å². The van der Waals surface area contributed by atoms with Gasteiger partial charge in [-0.3, -0.25) is 4.79 Å². The van der Waals surface area contributed by atoms with Crippen molar-refractivity contribution >= 4 is 28.9 Å². The molecule has 0 atom stereocenters. The summed E-state index contributed by atoms with van der Waals surface area (Å²) in [6.07, 6.45) is 0. The Labute approximate surface area is 124 Å². The molecule has 2 aromatic rings. The van der Waals surface area contributed by atoms with E-state index in [1.54, 1.807) is 6.07 Å². The fraction of sp³-hybridized carbons (Fsp3) is 0.188. The Bertz CT molecular complexity index is 605. The molecule has 20 heavy (non-hydrogen) atoms. The molecule has 0 aliphatic rings. The number of amides is 1. The third-order valence-electron chi connectivity index (χ3n) is 2.95. The summed E-state index contributed by atoms with van der Waals surface area (Å²) in [6, 6.07) is 13.3. The minimum atomic E-state index is -0.102. The van der Waals surface area contributed by atoms with Crippen LogP contribution in [-0.4, -0.2) is 12.5 Å². The van der Waals surface area contributed by atoms with E-state index < -0.39 is 0 Å². The van der Waals surface area contributed by atoms with Gasteiger partial charge in [-0.15, -0.1) is 0 Å². The van der Waals surface area contributed by atoms with Gasteiger partial charge in [0.25, 0.3) is 0 Å². The van der Waals surface area contributed by atoms with Crippen LogP contribution in [0.25, 0.3) is 0 Å². The molecule has 2 N–H and O–H groups in total. The minimum absolute atomic E-state index is 0.102. The van der Waals surface area contributed by atoms with Crippen molar-refractivity contribution in [2.75, 3.05) is 17.2 Å². The Hall–Kier alpha value is -2.00. The van der Waals surface area contributed by atoms with E-state index >= 15 is 0 Å². The number of hydrogen-bond donors (Lipinski definition) is 2. The number of para-hydroxylation sites is 1. The van der Waals surface area contributed by atoms with Crippen LogP contribution in [0.4, 0.5) is 11.4 Å². The van der Waals surface area contributed by atoms with Crippen LogP contribution in [0.3, 0.4) is 0 Å². The maximum Gasteiger partial charge on any atom is 0.243 e. The Morgan fingerprint density at radius 1 is 1.15 bits per heavy atom. The summed E-state index contributed by atoms with van der Waals surface area (Å²) in [7, 11) is 0. The number of benzene rings is 2. The molecular formula is C16H17ClN2O. The van der Waals surface area contributed by atoms with Crippen LogP contribution in [-0.2, 0) is 4.79 Å². The highest BCUT2D eigenvalue weighted by molar-refractivity contribution is 6.33. The third kappa shape index (κ3) is 3.75. The molecule has 0 unspecified atom stereocenters. The van der Waals surface area contributed by atoms with Gasteiger partial charge >= 0.3 is 0 Å². The van der Waals surface area contributed by atoms with Gasteiger partial charge < -0.3 is 10.6 Å². The second kappa shape index (κ2) is 6.44. The number of rotatable bonds is 4. The van der Waals surface area contributed by atoms with Gasteiger partial charge in [-0.2, -0.15) is 0 Å². The summed E-state index contributed by atoms with van der Waals surface area (Å²) in [5.74, 6) is -0.102. The highest BCUT2D eigenvalue weighted by atomic mass is 35.5. The summed E-state index contributed by atoms with van der Waals surface area (Å²) in [5.41, 5.74) is 3.72. The standard InChI is InChI=1S/C16H17ClN2O/c1-11-5-3-7-13(9-11)19-15(20)10-18-16-12(2)6-4-8-14(16)17/h3-9,18H,10H2,1-2H3,(H,19,20). The van der Waals surface area contributed by atoms with Crippen molar-refractivity contribution in [2.24, 2.45) is 0 Å². The third-order valence-corrected chi connectivity index (χ3v) is 3.26. The lowest BCUT2D eigenvalue weighted by atomic mass is 10.2. The van der Waals surface area contributed by atoms with Crippen molar-refractivity contribution in [3.05, 3.63) is 58.6 Å².